The summed E-state index contributed by atoms with van der Waals surface area (Å²) in [6.07, 6.45) is -0.804. The van der Waals surface area contributed by atoms with E-state index in [1.165, 1.54) is 18.9 Å². The van der Waals surface area contributed by atoms with Gasteiger partial charge in [-0.25, -0.2) is 0 Å². The van der Waals surface area contributed by atoms with Gasteiger partial charge in [0.05, 0.1) is 0 Å². The van der Waals surface area contributed by atoms with Crippen LogP contribution in [0.1, 0.15) is 6.92 Å². The summed E-state index contributed by atoms with van der Waals surface area (Å²) in [5.41, 5.74) is 0. The van der Waals surface area contributed by atoms with E-state index < -0.39 is 6.10 Å². The van der Waals surface area contributed by atoms with Gasteiger partial charge in [0.15, 0.2) is 0 Å². The van der Waals surface area contributed by atoms with Gasteiger partial charge < -0.3 is 15.1 Å². The third kappa shape index (κ3) is 2.43. The van der Waals surface area contributed by atoms with Gasteiger partial charge in [-0.1, -0.05) is 0 Å². The standard InChI is InChI=1S/C5H12N2O2/c1-4(9)5(6)7(2)3-8/h4,6,8-9H,3H2,1-2H3/t4-/m1/s1. The molecule has 3 N–H and O–H groups in total. The summed E-state index contributed by atoms with van der Waals surface area (Å²) in [6.45, 7) is 1.25. The van der Waals surface area contributed by atoms with Crippen molar-refractivity contribution >= 4 is 5.84 Å². The molecular formula is C5H12N2O2. The molecule has 0 radical (unpaired) electrons. The van der Waals surface area contributed by atoms with Crippen molar-refractivity contribution in [1.29, 1.82) is 5.41 Å². The molecule has 0 fully saturated rings. The van der Waals surface area contributed by atoms with Crippen molar-refractivity contribution in [2.75, 3.05) is 13.8 Å². The van der Waals surface area contributed by atoms with Crippen LogP contribution in [-0.4, -0.2) is 40.8 Å². The third-order valence-electron chi connectivity index (χ3n) is 1.02. The fourth-order valence-electron chi connectivity index (χ4n) is 0.395. The summed E-state index contributed by atoms with van der Waals surface area (Å²) in [4.78, 5) is 1.25. The van der Waals surface area contributed by atoms with E-state index in [1.54, 1.807) is 0 Å². The predicted molar refractivity (Wildman–Crippen MR) is 34.3 cm³/mol. The number of nitrogens with zero attached hydrogens (tertiary/aromatic N) is 1. The van der Waals surface area contributed by atoms with Gasteiger partial charge in [0, 0.05) is 7.05 Å². The summed E-state index contributed by atoms with van der Waals surface area (Å²) in [5, 5.41) is 24.2. The Labute approximate surface area is 54.2 Å². The lowest BCUT2D eigenvalue weighted by molar-refractivity contribution is 0.167. The molecule has 0 aromatic heterocycles. The Morgan fingerprint density at radius 2 is 2.22 bits per heavy atom. The Morgan fingerprint density at radius 3 is 2.33 bits per heavy atom. The van der Waals surface area contributed by atoms with Crippen LogP contribution in [0.4, 0.5) is 0 Å². The molecule has 54 valence electrons. The van der Waals surface area contributed by atoms with Gasteiger partial charge in [0.2, 0.25) is 0 Å². The van der Waals surface area contributed by atoms with Crippen molar-refractivity contribution in [3.8, 4) is 0 Å². The van der Waals surface area contributed by atoms with Crippen LogP contribution in [0.2, 0.25) is 0 Å². The molecule has 0 aromatic carbocycles. The van der Waals surface area contributed by atoms with E-state index in [0.717, 1.165) is 0 Å². The third-order valence-corrected chi connectivity index (χ3v) is 1.02. The Hall–Kier alpha value is -0.610. The lowest BCUT2D eigenvalue weighted by atomic mass is 10.3. The van der Waals surface area contributed by atoms with Crippen LogP contribution in [0.3, 0.4) is 0 Å². The second-order valence-electron chi connectivity index (χ2n) is 1.90. The molecule has 4 heteroatoms. The first-order chi connectivity index (χ1) is 4.09. The van der Waals surface area contributed by atoms with Gasteiger partial charge in [-0.3, -0.25) is 5.41 Å². The molecule has 0 spiro atoms. The van der Waals surface area contributed by atoms with Gasteiger partial charge in [-0.2, -0.15) is 0 Å². The van der Waals surface area contributed by atoms with Crippen molar-refractivity contribution in [3.05, 3.63) is 0 Å². The maximum Gasteiger partial charge on any atom is 0.127 e. The molecular weight excluding hydrogens is 120 g/mol. The number of aliphatic hydroxyl groups excluding tert-OH is 2. The maximum atomic E-state index is 8.75. The lowest BCUT2D eigenvalue weighted by Crippen LogP contribution is -2.34. The molecule has 9 heavy (non-hydrogen) atoms. The maximum absolute atomic E-state index is 8.75. The van der Waals surface area contributed by atoms with Crippen LogP contribution in [0.5, 0.6) is 0 Å². The molecule has 1 atom stereocenters. The van der Waals surface area contributed by atoms with E-state index in [0.29, 0.717) is 0 Å². The summed E-state index contributed by atoms with van der Waals surface area (Å²) < 4.78 is 0. The molecule has 0 aliphatic heterocycles. The van der Waals surface area contributed by atoms with Crippen LogP contribution in [-0.2, 0) is 0 Å². The largest absolute Gasteiger partial charge is 0.386 e. The minimum atomic E-state index is -0.804. The van der Waals surface area contributed by atoms with Crippen molar-refractivity contribution in [1.82, 2.24) is 4.90 Å². The van der Waals surface area contributed by atoms with Crippen LogP contribution in [0, 0.1) is 5.41 Å². The van der Waals surface area contributed by atoms with Crippen molar-refractivity contribution in [2.45, 2.75) is 13.0 Å². The highest BCUT2D eigenvalue weighted by Crippen LogP contribution is 1.88. The zero-order valence-corrected chi connectivity index (χ0v) is 5.63. The van der Waals surface area contributed by atoms with E-state index >= 15 is 0 Å². The van der Waals surface area contributed by atoms with Crippen molar-refractivity contribution in [3.63, 3.8) is 0 Å². The Kier molecular flexibility index (Phi) is 3.19. The molecule has 0 saturated heterocycles. The zero-order valence-electron chi connectivity index (χ0n) is 5.63. The highest BCUT2D eigenvalue weighted by Gasteiger charge is 2.07. The van der Waals surface area contributed by atoms with Crippen LogP contribution in [0.15, 0.2) is 0 Å². The molecule has 0 unspecified atom stereocenters. The number of hydrogen-bond acceptors (Lipinski definition) is 3. The van der Waals surface area contributed by atoms with Crippen molar-refractivity contribution < 1.29 is 10.2 Å². The van der Waals surface area contributed by atoms with E-state index in [4.69, 9.17) is 15.6 Å². The molecule has 4 nitrogen and oxygen atoms in total. The first kappa shape index (κ1) is 8.39. The van der Waals surface area contributed by atoms with Gasteiger partial charge in [0.1, 0.15) is 18.7 Å². The average Bonchev–Trinajstić information content (AvgIpc) is 1.84. The van der Waals surface area contributed by atoms with E-state index in [-0.39, 0.29) is 12.6 Å². The first-order valence-electron chi connectivity index (χ1n) is 2.68. The first-order valence-corrected chi connectivity index (χ1v) is 2.68. The minimum Gasteiger partial charge on any atom is -0.386 e. The fraction of sp³-hybridized carbons (Fsp3) is 0.800. The SMILES string of the molecule is C[C@@H](O)C(=N)N(C)CO. The van der Waals surface area contributed by atoms with Gasteiger partial charge >= 0.3 is 0 Å². The molecule has 0 bridgehead atoms. The average molecular weight is 132 g/mol. The van der Waals surface area contributed by atoms with Crippen LogP contribution in [0.25, 0.3) is 0 Å². The zero-order chi connectivity index (χ0) is 7.44. The highest BCUT2D eigenvalue weighted by molar-refractivity contribution is 5.82. The quantitative estimate of drug-likeness (QED) is 0.262. The molecule has 0 heterocycles. The van der Waals surface area contributed by atoms with E-state index in [2.05, 4.69) is 0 Å². The molecule has 0 aliphatic carbocycles. The molecule has 0 amide bonds. The summed E-state index contributed by atoms with van der Waals surface area (Å²) in [7, 11) is 1.54. The fourth-order valence-corrected chi connectivity index (χ4v) is 0.395. The van der Waals surface area contributed by atoms with Gasteiger partial charge in [0.25, 0.3) is 0 Å². The number of amidine groups is 1. The molecule has 0 rings (SSSR count). The summed E-state index contributed by atoms with van der Waals surface area (Å²) in [5.74, 6) is 0.0255. The van der Waals surface area contributed by atoms with Gasteiger partial charge in [-0.05, 0) is 6.92 Å². The smallest absolute Gasteiger partial charge is 0.127 e. The Morgan fingerprint density at radius 1 is 1.78 bits per heavy atom. The molecule has 0 saturated carbocycles. The summed E-state index contributed by atoms with van der Waals surface area (Å²) >= 11 is 0. The second kappa shape index (κ2) is 3.42. The number of nitrogens with one attached hydrogen (secondary N) is 1. The number of likely N-dealkylation sites (N-methyl/N-ethyl adjacent to an activating group) is 1. The lowest BCUT2D eigenvalue weighted by Gasteiger charge is -2.17. The molecule has 0 aromatic rings. The Bertz CT molecular complexity index is 103. The van der Waals surface area contributed by atoms with Crippen molar-refractivity contribution in [2.24, 2.45) is 0 Å². The van der Waals surface area contributed by atoms with Crippen LogP contribution < -0.4 is 0 Å². The highest BCUT2D eigenvalue weighted by atomic mass is 16.3. The number of aliphatic hydroxyl groups is 2. The monoisotopic (exact) mass is 132 g/mol. The van der Waals surface area contributed by atoms with E-state index in [9.17, 15) is 0 Å². The van der Waals surface area contributed by atoms with Crippen LogP contribution >= 0.6 is 0 Å². The Balaban J connectivity index is 3.73. The van der Waals surface area contributed by atoms with E-state index in [1.807, 2.05) is 0 Å². The predicted octanol–water partition coefficient (Wildman–Crippen LogP) is -0.774. The second-order valence-corrected chi connectivity index (χ2v) is 1.90. The number of rotatable bonds is 2. The molecule has 0 aliphatic rings. The normalized spacial score (nSPS) is 12.9. The summed E-state index contributed by atoms with van der Waals surface area (Å²) in [6, 6.07) is 0. The number of hydrogen-bond donors (Lipinski definition) is 3. The minimum absolute atomic E-state index is 0.0255. The topological polar surface area (TPSA) is 67.5 Å². The van der Waals surface area contributed by atoms with Gasteiger partial charge in [-0.15, -0.1) is 0 Å².